The van der Waals surface area contributed by atoms with Crippen molar-refractivity contribution >= 4 is 35.2 Å². The second kappa shape index (κ2) is 6.59. The zero-order chi connectivity index (χ0) is 11.2. The van der Waals surface area contributed by atoms with Gasteiger partial charge in [-0.2, -0.15) is 0 Å². The Balaban J connectivity index is 1.76. The van der Waals surface area contributed by atoms with Crippen molar-refractivity contribution < 1.29 is 14.0 Å². The molecule has 0 saturated carbocycles. The smallest absolute Gasteiger partial charge is 0.407 e. The van der Waals surface area contributed by atoms with Gasteiger partial charge in [-0.1, -0.05) is 46.9 Å². The van der Waals surface area contributed by atoms with Crippen LogP contribution in [-0.4, -0.2) is 24.9 Å². The number of fused-ring (bicyclic) bond motifs is 1. The molecule has 0 bridgehead atoms. The van der Waals surface area contributed by atoms with Gasteiger partial charge in [0.2, 0.25) is 0 Å². The Bertz CT molecular complexity index is 335. The summed E-state index contributed by atoms with van der Waals surface area (Å²) in [5, 5.41) is 0. The molecule has 0 saturated heterocycles. The molecule has 0 fully saturated rings. The summed E-state index contributed by atoms with van der Waals surface area (Å²) in [6, 6.07) is 8.19. The molecule has 5 heteroatoms. The molecule has 1 aliphatic rings. The molecule has 2 rings (SSSR count). The lowest BCUT2D eigenvalue weighted by atomic mass is 9.79. The molecule has 0 aliphatic carbocycles. The van der Waals surface area contributed by atoms with E-state index in [1.165, 1.54) is 5.56 Å². The van der Waals surface area contributed by atoms with Crippen LogP contribution in [0.5, 0.6) is 0 Å². The fourth-order valence-electron chi connectivity index (χ4n) is 1.69. The first-order valence-corrected chi connectivity index (χ1v) is 6.89. The van der Waals surface area contributed by atoms with Crippen molar-refractivity contribution in [3.8, 4) is 0 Å². The number of hydrogen-bond acceptors (Lipinski definition) is 3. The van der Waals surface area contributed by atoms with E-state index >= 15 is 0 Å². The van der Waals surface area contributed by atoms with Crippen LogP contribution in [0, 0.1) is 0 Å². The van der Waals surface area contributed by atoms with Gasteiger partial charge in [-0.25, -0.2) is 0 Å². The van der Waals surface area contributed by atoms with Crippen LogP contribution in [0.25, 0.3) is 0 Å². The monoisotopic (exact) mass is 332 g/mol. The Morgan fingerprint density at radius 3 is 3.06 bits per heavy atom. The lowest BCUT2D eigenvalue weighted by Crippen LogP contribution is -2.32. The molecule has 0 atom stereocenters. The van der Waals surface area contributed by atoms with E-state index in [0.29, 0.717) is 13.2 Å². The molecule has 16 heavy (non-hydrogen) atoms. The van der Waals surface area contributed by atoms with E-state index in [-0.39, 0.29) is 7.12 Å². The lowest BCUT2D eigenvalue weighted by molar-refractivity contribution is 0.152. The highest BCUT2D eigenvalue weighted by Crippen LogP contribution is 2.10. The zero-order valence-corrected chi connectivity index (χ0v) is 11.2. The first-order chi connectivity index (χ1) is 7.92. The fraction of sp³-hybridized carbons (Fsp3) is 0.455. The van der Waals surface area contributed by atoms with Crippen molar-refractivity contribution in [3.05, 3.63) is 29.8 Å². The number of ether oxygens (including phenoxy) is 1. The molecule has 0 N–H and O–H groups in total. The highest BCUT2D eigenvalue weighted by molar-refractivity contribution is 14.1. The van der Waals surface area contributed by atoms with Crippen LogP contribution >= 0.6 is 22.6 Å². The van der Waals surface area contributed by atoms with Crippen LogP contribution in [0.4, 0.5) is 0 Å². The minimum atomic E-state index is -0.184. The predicted molar refractivity (Wildman–Crippen MR) is 72.0 cm³/mol. The highest BCUT2D eigenvalue weighted by Gasteiger charge is 2.29. The summed E-state index contributed by atoms with van der Waals surface area (Å²) >= 11 is 2.19. The summed E-state index contributed by atoms with van der Waals surface area (Å²) in [5.74, 6) is 0. The molecule has 0 amide bonds. The normalized spacial score (nSPS) is 14.2. The van der Waals surface area contributed by atoms with Gasteiger partial charge >= 0.3 is 7.12 Å². The molecule has 1 aromatic carbocycles. The zero-order valence-electron chi connectivity index (χ0n) is 9.02. The van der Waals surface area contributed by atoms with Gasteiger partial charge in [0.1, 0.15) is 0 Å². The van der Waals surface area contributed by atoms with E-state index in [2.05, 4.69) is 34.7 Å². The first kappa shape index (κ1) is 12.4. The van der Waals surface area contributed by atoms with Crippen LogP contribution in [0.1, 0.15) is 12.0 Å². The summed E-state index contributed by atoms with van der Waals surface area (Å²) in [5.41, 5.74) is 2.40. The first-order valence-electron chi connectivity index (χ1n) is 5.36. The Kier molecular flexibility index (Phi) is 5.09. The number of hydrogen-bond donors (Lipinski definition) is 0. The molecule has 86 valence electrons. The third-order valence-electron chi connectivity index (χ3n) is 2.48. The average molecular weight is 332 g/mol. The van der Waals surface area contributed by atoms with Crippen LogP contribution in [0.3, 0.4) is 0 Å². The molecule has 0 spiro atoms. The summed E-state index contributed by atoms with van der Waals surface area (Å²) in [6.45, 7) is 2.08. The molecule has 1 heterocycles. The number of alkyl halides is 1. The third kappa shape index (κ3) is 3.19. The maximum atomic E-state index is 5.67. The Morgan fingerprint density at radius 2 is 2.19 bits per heavy atom. The summed E-state index contributed by atoms with van der Waals surface area (Å²) in [6.07, 6.45) is 0.908. The van der Waals surface area contributed by atoms with E-state index in [9.17, 15) is 0 Å². The van der Waals surface area contributed by atoms with E-state index in [0.717, 1.165) is 23.1 Å². The predicted octanol–water partition coefficient (Wildman–Crippen LogP) is 1.73. The number of halogens is 1. The lowest BCUT2D eigenvalue weighted by Gasteiger charge is -2.08. The van der Waals surface area contributed by atoms with Crippen LogP contribution in [-0.2, 0) is 20.7 Å². The Hall–Kier alpha value is -0.105. The Labute approximate surface area is 110 Å². The van der Waals surface area contributed by atoms with Gasteiger partial charge < -0.3 is 14.0 Å². The van der Waals surface area contributed by atoms with Crippen LogP contribution in [0.2, 0.25) is 0 Å². The topological polar surface area (TPSA) is 27.7 Å². The van der Waals surface area contributed by atoms with Gasteiger partial charge in [-0.3, -0.25) is 0 Å². The third-order valence-corrected chi connectivity index (χ3v) is 2.92. The second-order valence-electron chi connectivity index (χ2n) is 3.58. The highest BCUT2D eigenvalue weighted by atomic mass is 127. The van der Waals surface area contributed by atoms with Crippen molar-refractivity contribution in [2.75, 3.05) is 17.8 Å². The minimum Gasteiger partial charge on any atom is -0.407 e. The van der Waals surface area contributed by atoms with Crippen LogP contribution in [0.15, 0.2) is 24.3 Å². The maximum Gasteiger partial charge on any atom is 0.494 e. The van der Waals surface area contributed by atoms with Gasteiger partial charge in [0.15, 0.2) is 0 Å². The van der Waals surface area contributed by atoms with Gasteiger partial charge in [0, 0.05) is 13.2 Å². The molecule has 0 unspecified atom stereocenters. The van der Waals surface area contributed by atoms with Gasteiger partial charge in [0.25, 0.3) is 0 Å². The quantitative estimate of drug-likeness (QED) is 0.344. The van der Waals surface area contributed by atoms with E-state index < -0.39 is 0 Å². The van der Waals surface area contributed by atoms with Crippen molar-refractivity contribution in [1.82, 2.24) is 0 Å². The number of benzene rings is 1. The molecule has 1 aromatic rings. The summed E-state index contributed by atoms with van der Waals surface area (Å²) in [4.78, 5) is 0. The minimum absolute atomic E-state index is 0.184. The standard InChI is InChI=1S/C11H14BIO3/c13-9-14-6-3-7-15-12-11-5-2-1-4-10(11)8-16-12/h1-2,4-5H,3,6-9H2. The Morgan fingerprint density at radius 1 is 1.31 bits per heavy atom. The summed E-state index contributed by atoms with van der Waals surface area (Å²) < 4.78 is 17.2. The van der Waals surface area contributed by atoms with E-state index in [4.69, 9.17) is 14.0 Å². The average Bonchev–Trinajstić information content (AvgIpc) is 2.73. The fourth-order valence-corrected chi connectivity index (χ4v) is 2.01. The van der Waals surface area contributed by atoms with Crippen molar-refractivity contribution in [1.29, 1.82) is 0 Å². The maximum absolute atomic E-state index is 5.67. The SMILES string of the molecule is ICOCCCOB1OCc2ccccc21. The van der Waals surface area contributed by atoms with Gasteiger partial charge in [-0.05, 0) is 17.4 Å². The van der Waals surface area contributed by atoms with Gasteiger partial charge in [-0.15, -0.1) is 0 Å². The largest absolute Gasteiger partial charge is 0.494 e. The van der Waals surface area contributed by atoms with Gasteiger partial charge in [0.05, 0.1) is 11.2 Å². The van der Waals surface area contributed by atoms with Crippen molar-refractivity contribution in [2.45, 2.75) is 13.0 Å². The van der Waals surface area contributed by atoms with Crippen molar-refractivity contribution in [3.63, 3.8) is 0 Å². The van der Waals surface area contributed by atoms with Crippen molar-refractivity contribution in [2.24, 2.45) is 0 Å². The number of rotatable bonds is 6. The molecule has 1 aliphatic heterocycles. The van der Waals surface area contributed by atoms with E-state index in [1.807, 2.05) is 12.1 Å². The second-order valence-corrected chi connectivity index (χ2v) is 4.21. The summed E-state index contributed by atoms with van der Waals surface area (Å²) in [7, 11) is -0.184. The molecular formula is C11H14BIO3. The molecule has 3 nitrogen and oxygen atoms in total. The molecule has 0 aromatic heterocycles. The van der Waals surface area contributed by atoms with Crippen LogP contribution < -0.4 is 5.46 Å². The molecule has 0 radical (unpaired) electrons. The van der Waals surface area contributed by atoms with E-state index in [1.54, 1.807) is 0 Å². The molecular weight excluding hydrogens is 318 g/mol.